The van der Waals surface area contributed by atoms with E-state index in [0.29, 0.717) is 10.6 Å². The zero-order chi connectivity index (χ0) is 12.1. The summed E-state index contributed by atoms with van der Waals surface area (Å²) < 4.78 is 4.82. The number of hydrogen-bond donors (Lipinski definition) is 1. The van der Waals surface area contributed by atoms with Gasteiger partial charge in [-0.05, 0) is 12.1 Å². The highest BCUT2D eigenvalue weighted by Gasteiger charge is 2.18. The van der Waals surface area contributed by atoms with E-state index in [-0.39, 0.29) is 5.02 Å². The van der Waals surface area contributed by atoms with Gasteiger partial charge in [0.25, 0.3) is 0 Å². The molecule has 1 aromatic rings. The Hall–Kier alpha value is -1.44. The molecule has 0 fully saturated rings. The molecule has 0 bridgehead atoms. The second-order valence-corrected chi connectivity index (χ2v) is 3.67. The summed E-state index contributed by atoms with van der Waals surface area (Å²) in [6.07, 6.45) is -1.75. The van der Waals surface area contributed by atoms with Gasteiger partial charge < -0.3 is 10.1 Å². The third-order valence-electron chi connectivity index (χ3n) is 1.79. The van der Waals surface area contributed by atoms with Crippen molar-refractivity contribution in [2.75, 3.05) is 7.05 Å². The number of rotatable bonds is 2. The van der Waals surface area contributed by atoms with Crippen molar-refractivity contribution in [1.82, 2.24) is 5.32 Å². The highest BCUT2D eigenvalue weighted by molar-refractivity contribution is 6.35. The first-order chi connectivity index (χ1) is 7.58. The Bertz CT molecular complexity index is 443. The van der Waals surface area contributed by atoms with Crippen LogP contribution in [0.4, 0.5) is 4.79 Å². The minimum absolute atomic E-state index is 0.281. The van der Waals surface area contributed by atoms with Crippen LogP contribution in [0.3, 0.4) is 0 Å². The van der Waals surface area contributed by atoms with Gasteiger partial charge >= 0.3 is 6.09 Å². The molecule has 84 valence electrons. The predicted molar refractivity (Wildman–Crippen MR) is 60.4 cm³/mol. The van der Waals surface area contributed by atoms with Gasteiger partial charge in [0.05, 0.1) is 5.02 Å². The Kier molecular flexibility index (Phi) is 4.41. The number of halogens is 2. The van der Waals surface area contributed by atoms with Gasteiger partial charge in [0.15, 0.2) is 0 Å². The first-order valence-corrected chi connectivity index (χ1v) is 5.07. The summed E-state index contributed by atoms with van der Waals surface area (Å²) in [7, 11) is 1.40. The van der Waals surface area contributed by atoms with E-state index in [4.69, 9.17) is 33.2 Å². The molecule has 16 heavy (non-hydrogen) atoms. The van der Waals surface area contributed by atoms with Crippen molar-refractivity contribution in [3.63, 3.8) is 0 Å². The molecule has 0 aliphatic heterocycles. The zero-order valence-corrected chi connectivity index (χ0v) is 9.84. The van der Waals surface area contributed by atoms with Crippen molar-refractivity contribution in [2.24, 2.45) is 0 Å². The molecular formula is C10H8Cl2N2O2. The van der Waals surface area contributed by atoms with E-state index in [1.165, 1.54) is 13.1 Å². The van der Waals surface area contributed by atoms with Gasteiger partial charge in [-0.2, -0.15) is 5.26 Å². The molecule has 6 heteroatoms. The fourth-order valence-corrected chi connectivity index (χ4v) is 1.55. The van der Waals surface area contributed by atoms with E-state index in [1.54, 1.807) is 12.1 Å². The predicted octanol–water partition coefficient (Wildman–Crippen LogP) is 2.91. The molecule has 0 saturated carbocycles. The van der Waals surface area contributed by atoms with Crippen LogP contribution in [0, 0.1) is 11.3 Å². The molecule has 4 nitrogen and oxygen atoms in total. The summed E-state index contributed by atoms with van der Waals surface area (Å²) in [5.74, 6) is 0. The molecule has 0 radical (unpaired) electrons. The van der Waals surface area contributed by atoms with Crippen LogP contribution in [-0.2, 0) is 4.74 Å². The van der Waals surface area contributed by atoms with Crippen LogP contribution in [-0.4, -0.2) is 13.1 Å². The van der Waals surface area contributed by atoms with Gasteiger partial charge in [-0.1, -0.05) is 29.3 Å². The highest BCUT2D eigenvalue weighted by atomic mass is 35.5. The smallest absolute Gasteiger partial charge is 0.408 e. The number of hydrogen-bond acceptors (Lipinski definition) is 3. The average molecular weight is 259 g/mol. The number of amides is 1. The number of carbonyl (C=O) groups excluding carboxylic acids is 1. The van der Waals surface area contributed by atoms with Crippen molar-refractivity contribution in [3.8, 4) is 6.07 Å². The number of carbonyl (C=O) groups is 1. The van der Waals surface area contributed by atoms with Crippen LogP contribution in [0.1, 0.15) is 11.7 Å². The number of benzene rings is 1. The van der Waals surface area contributed by atoms with Gasteiger partial charge in [0.2, 0.25) is 6.10 Å². The van der Waals surface area contributed by atoms with Crippen molar-refractivity contribution < 1.29 is 9.53 Å². The molecule has 1 atom stereocenters. The lowest BCUT2D eigenvalue weighted by molar-refractivity contribution is 0.125. The standard InChI is InChI=1S/C10H8Cl2N2O2/c1-14-10(15)16-9(5-13)7-3-2-6(11)4-8(7)12/h2-4,9H,1H3,(H,14,15). The Morgan fingerprint density at radius 1 is 1.56 bits per heavy atom. The van der Waals surface area contributed by atoms with E-state index in [2.05, 4.69) is 5.32 Å². The maximum Gasteiger partial charge on any atom is 0.408 e. The largest absolute Gasteiger partial charge is 0.426 e. The zero-order valence-electron chi connectivity index (χ0n) is 8.33. The van der Waals surface area contributed by atoms with Crippen molar-refractivity contribution in [1.29, 1.82) is 5.26 Å². The van der Waals surface area contributed by atoms with E-state index in [0.717, 1.165) is 0 Å². The van der Waals surface area contributed by atoms with Crippen molar-refractivity contribution in [3.05, 3.63) is 33.8 Å². The normalized spacial score (nSPS) is 11.4. The number of nitrogens with zero attached hydrogens (tertiary/aromatic N) is 1. The van der Waals surface area contributed by atoms with Crippen LogP contribution in [0.2, 0.25) is 10.0 Å². The summed E-state index contributed by atoms with van der Waals surface area (Å²) >= 11 is 11.6. The topological polar surface area (TPSA) is 62.1 Å². The Morgan fingerprint density at radius 3 is 2.75 bits per heavy atom. The summed E-state index contributed by atoms with van der Waals surface area (Å²) in [4.78, 5) is 11.0. The molecular weight excluding hydrogens is 251 g/mol. The Morgan fingerprint density at radius 2 is 2.25 bits per heavy atom. The van der Waals surface area contributed by atoms with Crippen LogP contribution >= 0.6 is 23.2 Å². The van der Waals surface area contributed by atoms with Crippen LogP contribution in [0.25, 0.3) is 0 Å². The second kappa shape index (κ2) is 5.59. The molecule has 1 amide bonds. The van der Waals surface area contributed by atoms with Gasteiger partial charge in [0, 0.05) is 17.6 Å². The summed E-state index contributed by atoms with van der Waals surface area (Å²) in [5, 5.41) is 11.8. The number of alkyl carbamates (subject to hydrolysis) is 1. The van der Waals surface area contributed by atoms with Gasteiger partial charge in [-0.15, -0.1) is 0 Å². The minimum atomic E-state index is -1.05. The number of ether oxygens (including phenoxy) is 1. The third-order valence-corrected chi connectivity index (χ3v) is 2.35. The number of nitriles is 1. The lowest BCUT2D eigenvalue weighted by Crippen LogP contribution is -2.21. The van der Waals surface area contributed by atoms with E-state index < -0.39 is 12.2 Å². The van der Waals surface area contributed by atoms with Gasteiger partial charge in [0.1, 0.15) is 6.07 Å². The summed E-state index contributed by atoms with van der Waals surface area (Å²) in [5.41, 5.74) is 0.400. The SMILES string of the molecule is CNC(=O)OC(C#N)c1ccc(Cl)cc1Cl. The van der Waals surface area contributed by atoms with E-state index in [9.17, 15) is 4.79 Å². The molecule has 0 aliphatic carbocycles. The van der Waals surface area contributed by atoms with Crippen molar-refractivity contribution >= 4 is 29.3 Å². The first-order valence-electron chi connectivity index (χ1n) is 4.31. The Balaban J connectivity index is 2.96. The molecule has 0 heterocycles. The highest BCUT2D eigenvalue weighted by Crippen LogP contribution is 2.28. The third kappa shape index (κ3) is 3.02. The van der Waals surface area contributed by atoms with Crippen LogP contribution in [0.5, 0.6) is 0 Å². The Labute approximate surface area is 103 Å². The summed E-state index contributed by atoms with van der Waals surface area (Å²) in [6.45, 7) is 0. The van der Waals surface area contributed by atoms with Crippen LogP contribution < -0.4 is 5.32 Å². The molecule has 0 spiro atoms. The first kappa shape index (κ1) is 12.6. The van der Waals surface area contributed by atoms with Crippen molar-refractivity contribution in [2.45, 2.75) is 6.10 Å². The van der Waals surface area contributed by atoms with E-state index in [1.807, 2.05) is 6.07 Å². The molecule has 1 rings (SSSR count). The van der Waals surface area contributed by atoms with Crippen LogP contribution in [0.15, 0.2) is 18.2 Å². The molecule has 0 aromatic heterocycles. The lowest BCUT2D eigenvalue weighted by atomic mass is 10.1. The molecule has 0 aliphatic rings. The molecule has 1 N–H and O–H groups in total. The molecule has 1 aromatic carbocycles. The van der Waals surface area contributed by atoms with Gasteiger partial charge in [-0.3, -0.25) is 0 Å². The molecule has 0 saturated heterocycles. The quantitative estimate of drug-likeness (QED) is 0.888. The fourth-order valence-electron chi connectivity index (χ4n) is 1.04. The number of nitrogens with one attached hydrogen (secondary N) is 1. The molecule has 1 unspecified atom stereocenters. The maximum absolute atomic E-state index is 11.0. The van der Waals surface area contributed by atoms with E-state index >= 15 is 0 Å². The monoisotopic (exact) mass is 258 g/mol. The summed E-state index contributed by atoms with van der Waals surface area (Å²) in [6, 6.07) is 6.43. The lowest BCUT2D eigenvalue weighted by Gasteiger charge is -2.12. The van der Waals surface area contributed by atoms with Gasteiger partial charge in [-0.25, -0.2) is 4.79 Å². The minimum Gasteiger partial charge on any atom is -0.426 e. The second-order valence-electron chi connectivity index (χ2n) is 2.83. The fraction of sp³-hybridized carbons (Fsp3) is 0.200. The maximum atomic E-state index is 11.0. The average Bonchev–Trinajstić information content (AvgIpc) is 2.26.